The summed E-state index contributed by atoms with van der Waals surface area (Å²) in [6, 6.07) is 6.41. The quantitative estimate of drug-likeness (QED) is 0.853. The molecule has 0 heterocycles. The molecule has 0 aliphatic carbocycles. The number of benzene rings is 1. The van der Waals surface area contributed by atoms with E-state index in [4.69, 9.17) is 0 Å². The van der Waals surface area contributed by atoms with E-state index in [0.29, 0.717) is 5.69 Å². The van der Waals surface area contributed by atoms with Crippen molar-refractivity contribution in [2.75, 3.05) is 11.9 Å². The van der Waals surface area contributed by atoms with Crippen LogP contribution in [0.25, 0.3) is 0 Å². The third-order valence-corrected chi connectivity index (χ3v) is 2.59. The van der Waals surface area contributed by atoms with Crippen LogP contribution in [-0.4, -0.2) is 24.4 Å². The van der Waals surface area contributed by atoms with Crippen LogP contribution in [0.5, 0.6) is 5.75 Å². The van der Waals surface area contributed by atoms with Crippen molar-refractivity contribution >= 4 is 5.69 Å². The topological polar surface area (TPSA) is 41.5 Å². The second kappa shape index (κ2) is 6.00. The Morgan fingerprint density at radius 3 is 2.44 bits per heavy atom. The summed E-state index contributed by atoms with van der Waals surface area (Å²) in [6.07, 6.45) is -0.586. The number of alkyl halides is 2. The summed E-state index contributed by atoms with van der Waals surface area (Å²) in [4.78, 5) is 0. The van der Waals surface area contributed by atoms with Gasteiger partial charge in [-0.1, -0.05) is 32.9 Å². The van der Waals surface area contributed by atoms with Crippen LogP contribution in [0.15, 0.2) is 24.3 Å². The Bertz CT molecular complexity index is 377. The van der Waals surface area contributed by atoms with Gasteiger partial charge in [-0.2, -0.15) is 8.78 Å². The van der Waals surface area contributed by atoms with E-state index >= 15 is 0 Å². The molecule has 0 saturated heterocycles. The third-order valence-electron chi connectivity index (χ3n) is 2.59. The van der Waals surface area contributed by atoms with Crippen molar-refractivity contribution in [1.29, 1.82) is 0 Å². The first-order valence-electron chi connectivity index (χ1n) is 5.76. The molecule has 18 heavy (non-hydrogen) atoms. The van der Waals surface area contributed by atoms with E-state index in [0.717, 1.165) is 0 Å². The molecule has 0 aliphatic heterocycles. The Hall–Kier alpha value is -1.36. The number of hydrogen-bond acceptors (Lipinski definition) is 3. The summed E-state index contributed by atoms with van der Waals surface area (Å²) < 4.78 is 28.8. The van der Waals surface area contributed by atoms with Crippen LogP contribution < -0.4 is 10.1 Å². The molecule has 0 aliphatic rings. The molecule has 2 N–H and O–H groups in total. The van der Waals surface area contributed by atoms with Crippen molar-refractivity contribution in [3.63, 3.8) is 0 Å². The maximum atomic E-state index is 12.2. The molecule has 0 amide bonds. The van der Waals surface area contributed by atoms with Crippen molar-refractivity contribution in [2.45, 2.75) is 33.5 Å². The molecule has 0 fully saturated rings. The van der Waals surface area contributed by atoms with E-state index in [9.17, 15) is 13.9 Å². The normalized spacial score (nSPS) is 13.5. The minimum atomic E-state index is -2.86. The number of halogens is 2. The van der Waals surface area contributed by atoms with E-state index in [-0.39, 0.29) is 17.7 Å². The summed E-state index contributed by atoms with van der Waals surface area (Å²) in [6.45, 7) is 3.12. The Kier molecular flexibility index (Phi) is 4.90. The number of para-hydroxylation sites is 2. The van der Waals surface area contributed by atoms with Crippen molar-refractivity contribution in [2.24, 2.45) is 5.41 Å². The van der Waals surface area contributed by atoms with E-state index < -0.39 is 12.7 Å². The molecule has 0 saturated carbocycles. The number of aliphatic hydroxyl groups excluding tert-OH is 1. The second-order valence-electron chi connectivity index (χ2n) is 5.14. The zero-order chi connectivity index (χ0) is 13.8. The first kappa shape index (κ1) is 14.7. The number of ether oxygens (including phenoxy) is 1. The molecule has 1 atom stereocenters. The summed E-state index contributed by atoms with van der Waals surface area (Å²) in [5.74, 6) is 0.0774. The first-order valence-corrected chi connectivity index (χ1v) is 5.76. The molecule has 5 heteroatoms. The maximum absolute atomic E-state index is 12.2. The Labute approximate surface area is 106 Å². The zero-order valence-electron chi connectivity index (χ0n) is 10.8. The van der Waals surface area contributed by atoms with Crippen LogP contribution in [0.2, 0.25) is 0 Å². The average molecular weight is 259 g/mol. The van der Waals surface area contributed by atoms with Crippen LogP contribution in [0.1, 0.15) is 20.8 Å². The molecular formula is C13H19F2NO2. The molecule has 1 unspecified atom stereocenters. The molecule has 102 valence electrons. The fourth-order valence-corrected chi connectivity index (χ4v) is 1.32. The molecule has 1 aromatic rings. The maximum Gasteiger partial charge on any atom is 0.387 e. The highest BCUT2D eigenvalue weighted by atomic mass is 19.3. The molecule has 0 radical (unpaired) electrons. The fraction of sp³-hybridized carbons (Fsp3) is 0.538. The smallest absolute Gasteiger partial charge is 0.387 e. The molecule has 1 rings (SSSR count). The second-order valence-corrected chi connectivity index (χ2v) is 5.14. The number of rotatable bonds is 5. The minimum absolute atomic E-state index is 0.0774. The van der Waals surface area contributed by atoms with E-state index in [1.807, 2.05) is 20.8 Å². The monoisotopic (exact) mass is 259 g/mol. The third kappa shape index (κ3) is 4.49. The van der Waals surface area contributed by atoms with Gasteiger partial charge in [0.05, 0.1) is 11.8 Å². The van der Waals surface area contributed by atoms with Crippen molar-refractivity contribution in [3.05, 3.63) is 24.3 Å². The van der Waals surface area contributed by atoms with Crippen LogP contribution in [-0.2, 0) is 0 Å². The van der Waals surface area contributed by atoms with Gasteiger partial charge in [0, 0.05) is 6.54 Å². The van der Waals surface area contributed by atoms with E-state index in [1.54, 1.807) is 18.2 Å². The van der Waals surface area contributed by atoms with Gasteiger partial charge in [0.15, 0.2) is 0 Å². The summed E-state index contributed by atoms with van der Waals surface area (Å²) in [5, 5.41) is 12.8. The molecule has 0 bridgehead atoms. The van der Waals surface area contributed by atoms with Gasteiger partial charge in [-0.25, -0.2) is 0 Å². The molecule has 3 nitrogen and oxygen atoms in total. The van der Waals surface area contributed by atoms with Crippen LogP contribution in [0, 0.1) is 5.41 Å². The number of hydrogen-bond donors (Lipinski definition) is 2. The van der Waals surface area contributed by atoms with Gasteiger partial charge < -0.3 is 15.2 Å². The largest absolute Gasteiger partial charge is 0.433 e. The zero-order valence-corrected chi connectivity index (χ0v) is 10.8. The fourth-order valence-electron chi connectivity index (χ4n) is 1.32. The standard InChI is InChI=1S/C13H19F2NO2/c1-13(2,3)11(17)8-16-9-6-4-5-7-10(9)18-12(14)15/h4-7,11-12,16-17H,8H2,1-3H3. The number of aliphatic hydroxyl groups is 1. The molecule has 0 aromatic heterocycles. The highest BCUT2D eigenvalue weighted by molar-refractivity contribution is 5.56. The van der Waals surface area contributed by atoms with Crippen LogP contribution >= 0.6 is 0 Å². The van der Waals surface area contributed by atoms with Crippen LogP contribution in [0.3, 0.4) is 0 Å². The van der Waals surface area contributed by atoms with Gasteiger partial charge in [0.25, 0.3) is 0 Å². The van der Waals surface area contributed by atoms with Crippen molar-refractivity contribution < 1.29 is 18.6 Å². The lowest BCUT2D eigenvalue weighted by molar-refractivity contribution is -0.0494. The summed E-state index contributed by atoms with van der Waals surface area (Å²) >= 11 is 0. The van der Waals surface area contributed by atoms with Crippen LogP contribution in [0.4, 0.5) is 14.5 Å². The van der Waals surface area contributed by atoms with E-state index in [2.05, 4.69) is 10.1 Å². The Morgan fingerprint density at radius 2 is 1.89 bits per heavy atom. The minimum Gasteiger partial charge on any atom is -0.433 e. The van der Waals surface area contributed by atoms with Crippen molar-refractivity contribution in [1.82, 2.24) is 0 Å². The lowest BCUT2D eigenvalue weighted by atomic mass is 9.89. The number of nitrogens with one attached hydrogen (secondary N) is 1. The average Bonchev–Trinajstić information content (AvgIpc) is 2.25. The van der Waals surface area contributed by atoms with Crippen molar-refractivity contribution in [3.8, 4) is 5.75 Å². The van der Waals surface area contributed by atoms with Gasteiger partial charge in [-0.3, -0.25) is 0 Å². The predicted octanol–water partition coefficient (Wildman–Crippen LogP) is 3.11. The SMILES string of the molecule is CC(C)(C)C(O)CNc1ccccc1OC(F)F. The Balaban J connectivity index is 2.67. The molecular weight excluding hydrogens is 240 g/mol. The van der Waals surface area contributed by atoms with Gasteiger partial charge >= 0.3 is 6.61 Å². The number of anilines is 1. The highest BCUT2D eigenvalue weighted by Crippen LogP contribution is 2.26. The predicted molar refractivity (Wildman–Crippen MR) is 67.0 cm³/mol. The van der Waals surface area contributed by atoms with E-state index in [1.165, 1.54) is 6.07 Å². The lowest BCUT2D eigenvalue weighted by Crippen LogP contribution is -2.32. The van der Waals surface area contributed by atoms with Gasteiger partial charge in [-0.05, 0) is 17.5 Å². The summed E-state index contributed by atoms with van der Waals surface area (Å²) in [7, 11) is 0. The molecule has 0 spiro atoms. The first-order chi connectivity index (χ1) is 8.30. The molecule has 1 aromatic carbocycles. The van der Waals surface area contributed by atoms with Gasteiger partial charge in [-0.15, -0.1) is 0 Å². The highest BCUT2D eigenvalue weighted by Gasteiger charge is 2.22. The van der Waals surface area contributed by atoms with Gasteiger partial charge in [0.1, 0.15) is 5.75 Å². The van der Waals surface area contributed by atoms with Gasteiger partial charge in [0.2, 0.25) is 0 Å². The Morgan fingerprint density at radius 1 is 1.28 bits per heavy atom. The summed E-state index contributed by atoms with van der Waals surface area (Å²) in [5.41, 5.74) is 0.173. The lowest BCUT2D eigenvalue weighted by Gasteiger charge is -2.26.